The Morgan fingerprint density at radius 1 is 1.04 bits per heavy atom. The van der Waals surface area contributed by atoms with Gasteiger partial charge in [0.1, 0.15) is 0 Å². The molecule has 0 aliphatic rings. The molecule has 0 unspecified atom stereocenters. The highest BCUT2D eigenvalue weighted by molar-refractivity contribution is 8.00. The van der Waals surface area contributed by atoms with Crippen LogP contribution in [-0.2, 0) is 4.79 Å². The molecule has 0 aliphatic carbocycles. The minimum absolute atomic E-state index is 0.187. The summed E-state index contributed by atoms with van der Waals surface area (Å²) in [6.07, 6.45) is 5.33. The Hall–Kier alpha value is -2.22. The first-order valence-electron chi connectivity index (χ1n) is 7.51. The third kappa shape index (κ3) is 3.44. The molecule has 4 rings (SSSR count). The van der Waals surface area contributed by atoms with Crippen LogP contribution in [0.3, 0.4) is 0 Å². The number of fused-ring (bicyclic) bond motifs is 3. The van der Waals surface area contributed by atoms with Gasteiger partial charge in [-0.1, -0.05) is 53.4 Å². The number of hydrogen-bond acceptors (Lipinski definition) is 6. The van der Waals surface area contributed by atoms with Gasteiger partial charge in [-0.2, -0.15) is 0 Å². The van der Waals surface area contributed by atoms with Gasteiger partial charge in [0, 0.05) is 6.08 Å². The van der Waals surface area contributed by atoms with Gasteiger partial charge in [0.25, 0.3) is 0 Å². The van der Waals surface area contributed by atoms with Crippen LogP contribution in [0.1, 0.15) is 5.56 Å². The maximum atomic E-state index is 12.1. The van der Waals surface area contributed by atoms with E-state index in [-0.39, 0.29) is 5.91 Å². The molecule has 2 aromatic carbocycles. The van der Waals surface area contributed by atoms with Crippen LogP contribution < -0.4 is 5.32 Å². The van der Waals surface area contributed by atoms with Crippen molar-refractivity contribution < 1.29 is 4.79 Å². The average Bonchev–Trinajstić information content (AvgIpc) is 3.23. The van der Waals surface area contributed by atoms with E-state index >= 15 is 0 Å². The van der Waals surface area contributed by atoms with Crippen LogP contribution in [0.2, 0.25) is 0 Å². The topological polar surface area (TPSA) is 54.9 Å². The molecule has 2 aromatic heterocycles. The van der Waals surface area contributed by atoms with Crippen LogP contribution in [0.15, 0.2) is 52.9 Å². The smallest absolute Gasteiger partial charge is 0.250 e. The Kier molecular flexibility index (Phi) is 4.52. The summed E-state index contributed by atoms with van der Waals surface area (Å²) in [4.78, 5) is 21.2. The summed E-state index contributed by atoms with van der Waals surface area (Å²) in [5, 5.41) is 3.45. The normalized spacial score (nSPS) is 11.6. The molecule has 1 N–H and O–H groups in total. The zero-order valence-electron chi connectivity index (χ0n) is 13.2. The average molecular weight is 384 g/mol. The lowest BCUT2D eigenvalue weighted by Gasteiger charge is -1.95. The second kappa shape index (κ2) is 6.95. The van der Waals surface area contributed by atoms with Crippen molar-refractivity contribution in [2.45, 2.75) is 4.34 Å². The molecule has 0 fully saturated rings. The van der Waals surface area contributed by atoms with Gasteiger partial charge >= 0.3 is 0 Å². The van der Waals surface area contributed by atoms with E-state index < -0.39 is 0 Å². The van der Waals surface area contributed by atoms with Crippen LogP contribution in [0.5, 0.6) is 0 Å². The summed E-state index contributed by atoms with van der Waals surface area (Å²) >= 11 is 4.78. The highest BCUT2D eigenvalue weighted by Gasteiger charge is 2.12. The minimum Gasteiger partial charge on any atom is -0.298 e. The highest BCUT2D eigenvalue weighted by atomic mass is 32.2. The summed E-state index contributed by atoms with van der Waals surface area (Å²) in [7, 11) is 0. The van der Waals surface area contributed by atoms with Crippen LogP contribution >= 0.6 is 34.4 Å². The van der Waals surface area contributed by atoms with Crippen LogP contribution in [0.25, 0.3) is 26.5 Å². The molecule has 25 heavy (non-hydrogen) atoms. The van der Waals surface area contributed by atoms with Crippen molar-refractivity contribution in [3.8, 4) is 0 Å². The van der Waals surface area contributed by atoms with E-state index in [0.29, 0.717) is 5.13 Å². The third-order valence-electron chi connectivity index (χ3n) is 3.52. The summed E-state index contributed by atoms with van der Waals surface area (Å²) < 4.78 is 3.23. The molecule has 0 saturated carbocycles. The number of hydrogen-bond donors (Lipinski definition) is 1. The van der Waals surface area contributed by atoms with E-state index in [4.69, 9.17) is 0 Å². The number of thiazole rings is 2. The summed E-state index contributed by atoms with van der Waals surface area (Å²) in [6.45, 7) is 0. The van der Waals surface area contributed by atoms with Gasteiger partial charge in [0.2, 0.25) is 5.91 Å². The second-order valence-electron chi connectivity index (χ2n) is 5.20. The SMILES string of the molecule is CSc1nc2ccc3nc(NC(=O)/C=C/c4ccccc4)sc3c2s1. The largest absolute Gasteiger partial charge is 0.298 e. The van der Waals surface area contributed by atoms with Gasteiger partial charge in [-0.25, -0.2) is 9.97 Å². The standard InChI is InChI=1S/C18H13N3OS3/c1-23-18-20-13-9-8-12-15(16(13)25-18)24-17(19-12)21-14(22)10-7-11-5-3-2-4-6-11/h2-10H,1H3,(H,19,21,22)/b10-7+. The number of amides is 1. The fourth-order valence-electron chi connectivity index (χ4n) is 2.38. The Morgan fingerprint density at radius 3 is 2.52 bits per heavy atom. The molecule has 0 radical (unpaired) electrons. The minimum atomic E-state index is -0.187. The number of anilines is 1. The summed E-state index contributed by atoms with van der Waals surface area (Å²) in [6, 6.07) is 13.7. The molecule has 0 atom stereocenters. The number of carbonyl (C=O) groups excluding carboxylic acids is 1. The number of nitrogens with zero attached hydrogens (tertiary/aromatic N) is 2. The van der Waals surface area contributed by atoms with E-state index in [9.17, 15) is 4.79 Å². The molecular formula is C18H13N3OS3. The number of carbonyl (C=O) groups is 1. The van der Waals surface area contributed by atoms with Gasteiger partial charge < -0.3 is 0 Å². The fraction of sp³-hybridized carbons (Fsp3) is 0.0556. The Morgan fingerprint density at radius 2 is 1.76 bits per heavy atom. The fourth-order valence-corrected chi connectivity index (χ4v) is 5.04. The van der Waals surface area contributed by atoms with E-state index in [0.717, 1.165) is 30.3 Å². The number of rotatable bonds is 4. The Bertz CT molecular complexity index is 1080. The van der Waals surface area contributed by atoms with Gasteiger partial charge in [0.05, 0.1) is 20.4 Å². The van der Waals surface area contributed by atoms with Crippen molar-refractivity contribution in [1.82, 2.24) is 9.97 Å². The zero-order valence-corrected chi connectivity index (χ0v) is 15.7. The van der Waals surface area contributed by atoms with Gasteiger partial charge in [-0.15, -0.1) is 11.3 Å². The van der Waals surface area contributed by atoms with Crippen molar-refractivity contribution >= 4 is 72.0 Å². The predicted molar refractivity (Wildman–Crippen MR) is 109 cm³/mol. The van der Waals surface area contributed by atoms with E-state index in [1.165, 1.54) is 17.4 Å². The summed E-state index contributed by atoms with van der Waals surface area (Å²) in [5.74, 6) is -0.187. The molecule has 4 aromatic rings. The van der Waals surface area contributed by atoms with Crippen LogP contribution in [0.4, 0.5) is 5.13 Å². The number of aromatic nitrogens is 2. The van der Waals surface area contributed by atoms with Crippen molar-refractivity contribution in [1.29, 1.82) is 0 Å². The molecule has 4 nitrogen and oxygen atoms in total. The third-order valence-corrected chi connectivity index (χ3v) is 6.73. The zero-order chi connectivity index (χ0) is 17.2. The Balaban J connectivity index is 1.59. The number of benzene rings is 2. The van der Waals surface area contributed by atoms with Crippen molar-refractivity contribution in [2.24, 2.45) is 0 Å². The molecule has 0 saturated heterocycles. The molecule has 1 amide bonds. The van der Waals surface area contributed by atoms with Crippen molar-refractivity contribution in [2.75, 3.05) is 11.6 Å². The quantitative estimate of drug-likeness (QED) is 0.385. The molecule has 0 aliphatic heterocycles. The number of nitrogens with one attached hydrogen (secondary N) is 1. The van der Waals surface area contributed by atoms with Gasteiger partial charge in [-0.3, -0.25) is 10.1 Å². The van der Waals surface area contributed by atoms with E-state index in [2.05, 4.69) is 15.3 Å². The van der Waals surface area contributed by atoms with Gasteiger partial charge in [-0.05, 0) is 30.0 Å². The van der Waals surface area contributed by atoms with Crippen molar-refractivity contribution in [3.05, 3.63) is 54.1 Å². The van der Waals surface area contributed by atoms with Crippen LogP contribution in [-0.4, -0.2) is 22.1 Å². The molecule has 0 bridgehead atoms. The second-order valence-corrected chi connectivity index (χ2v) is 8.25. The van der Waals surface area contributed by atoms with Crippen LogP contribution in [0, 0.1) is 0 Å². The molecule has 2 heterocycles. The lowest BCUT2D eigenvalue weighted by atomic mass is 10.2. The van der Waals surface area contributed by atoms with Gasteiger partial charge in [0.15, 0.2) is 9.47 Å². The predicted octanol–water partition coefficient (Wildman–Crippen LogP) is 5.28. The molecule has 124 valence electrons. The summed E-state index contributed by atoms with van der Waals surface area (Å²) in [5.41, 5.74) is 2.85. The Labute approximate surface area is 156 Å². The molecule has 7 heteroatoms. The first-order chi connectivity index (χ1) is 12.2. The monoisotopic (exact) mass is 383 g/mol. The molecule has 0 spiro atoms. The molecular weight excluding hydrogens is 370 g/mol. The first-order valence-corrected chi connectivity index (χ1v) is 10.4. The maximum Gasteiger partial charge on any atom is 0.250 e. The maximum absolute atomic E-state index is 12.1. The first kappa shape index (κ1) is 16.3. The van der Waals surface area contributed by atoms with E-state index in [1.54, 1.807) is 29.2 Å². The number of thioether (sulfide) groups is 1. The van der Waals surface area contributed by atoms with E-state index in [1.807, 2.05) is 48.7 Å². The lowest BCUT2D eigenvalue weighted by Crippen LogP contribution is -2.07. The highest BCUT2D eigenvalue weighted by Crippen LogP contribution is 2.37. The van der Waals surface area contributed by atoms with Crippen molar-refractivity contribution in [3.63, 3.8) is 0 Å². The lowest BCUT2D eigenvalue weighted by molar-refractivity contribution is -0.111.